The Morgan fingerprint density at radius 2 is 1.50 bits per heavy atom. The average Bonchev–Trinajstić information content (AvgIpc) is 2.86. The molecule has 1 aliphatic rings. The highest BCUT2D eigenvalue weighted by Crippen LogP contribution is 2.47. The molecule has 1 N–H and O–H groups in total. The SMILES string of the molecule is C=C1COC(c2ccccc2)(c2ccccc2)C1CO. The lowest BCUT2D eigenvalue weighted by Gasteiger charge is -2.34. The molecule has 3 rings (SSSR count). The van der Waals surface area contributed by atoms with E-state index >= 15 is 0 Å². The molecule has 0 aliphatic carbocycles. The molecule has 1 atom stereocenters. The number of aliphatic hydroxyl groups excluding tert-OH is 1. The van der Waals surface area contributed by atoms with Gasteiger partial charge in [0.1, 0.15) is 5.60 Å². The van der Waals surface area contributed by atoms with Crippen molar-refractivity contribution >= 4 is 0 Å². The number of hydrogen-bond acceptors (Lipinski definition) is 2. The topological polar surface area (TPSA) is 29.5 Å². The fraction of sp³-hybridized carbons (Fsp3) is 0.222. The summed E-state index contributed by atoms with van der Waals surface area (Å²) in [6, 6.07) is 20.2. The van der Waals surface area contributed by atoms with Gasteiger partial charge >= 0.3 is 0 Å². The Balaban J connectivity index is 2.21. The molecule has 0 saturated carbocycles. The van der Waals surface area contributed by atoms with Gasteiger partial charge in [-0.2, -0.15) is 0 Å². The van der Waals surface area contributed by atoms with E-state index in [1.165, 1.54) is 0 Å². The molecule has 1 unspecified atom stereocenters. The molecule has 0 radical (unpaired) electrons. The van der Waals surface area contributed by atoms with Crippen LogP contribution in [-0.4, -0.2) is 18.3 Å². The molecule has 0 bridgehead atoms. The predicted octanol–water partition coefficient (Wildman–Crippen LogP) is 3.13. The number of rotatable bonds is 3. The van der Waals surface area contributed by atoms with E-state index in [2.05, 4.69) is 6.58 Å². The minimum Gasteiger partial charge on any atom is -0.396 e. The van der Waals surface area contributed by atoms with Crippen molar-refractivity contribution in [2.24, 2.45) is 5.92 Å². The summed E-state index contributed by atoms with van der Waals surface area (Å²) in [5, 5.41) is 9.85. The van der Waals surface area contributed by atoms with Crippen LogP contribution in [0.5, 0.6) is 0 Å². The van der Waals surface area contributed by atoms with Crippen LogP contribution >= 0.6 is 0 Å². The first-order valence-electron chi connectivity index (χ1n) is 6.82. The van der Waals surface area contributed by atoms with E-state index in [-0.39, 0.29) is 12.5 Å². The van der Waals surface area contributed by atoms with Crippen LogP contribution in [0.25, 0.3) is 0 Å². The van der Waals surface area contributed by atoms with E-state index < -0.39 is 5.60 Å². The molecular formula is C18H18O2. The second kappa shape index (κ2) is 5.23. The fourth-order valence-corrected chi connectivity index (χ4v) is 3.06. The van der Waals surface area contributed by atoms with Crippen molar-refractivity contribution in [3.05, 3.63) is 83.9 Å². The first-order valence-corrected chi connectivity index (χ1v) is 6.82. The number of aliphatic hydroxyl groups is 1. The van der Waals surface area contributed by atoms with Gasteiger partial charge in [0.15, 0.2) is 0 Å². The second-order valence-corrected chi connectivity index (χ2v) is 5.15. The second-order valence-electron chi connectivity index (χ2n) is 5.15. The van der Waals surface area contributed by atoms with Crippen LogP contribution in [0.15, 0.2) is 72.8 Å². The highest BCUT2D eigenvalue weighted by atomic mass is 16.5. The van der Waals surface area contributed by atoms with Crippen molar-refractivity contribution in [3.8, 4) is 0 Å². The summed E-state index contributed by atoms with van der Waals surface area (Å²) < 4.78 is 6.17. The van der Waals surface area contributed by atoms with Crippen LogP contribution in [-0.2, 0) is 10.3 Å². The van der Waals surface area contributed by atoms with E-state index in [4.69, 9.17) is 4.74 Å². The largest absolute Gasteiger partial charge is 0.396 e. The molecule has 20 heavy (non-hydrogen) atoms. The molecule has 1 heterocycles. The Morgan fingerprint density at radius 1 is 1.00 bits per heavy atom. The molecule has 1 aliphatic heterocycles. The molecule has 0 aromatic heterocycles. The lowest BCUT2D eigenvalue weighted by molar-refractivity contribution is -0.00406. The highest BCUT2D eigenvalue weighted by Gasteiger charge is 2.48. The lowest BCUT2D eigenvalue weighted by atomic mass is 9.75. The average molecular weight is 266 g/mol. The van der Waals surface area contributed by atoms with Crippen molar-refractivity contribution < 1.29 is 9.84 Å². The van der Waals surface area contributed by atoms with E-state index in [9.17, 15) is 5.11 Å². The van der Waals surface area contributed by atoms with E-state index in [1.54, 1.807) is 0 Å². The monoisotopic (exact) mass is 266 g/mol. The Bertz CT molecular complexity index is 550. The van der Waals surface area contributed by atoms with Crippen LogP contribution in [0.1, 0.15) is 11.1 Å². The zero-order valence-corrected chi connectivity index (χ0v) is 11.3. The quantitative estimate of drug-likeness (QED) is 0.865. The molecule has 1 fully saturated rings. The normalized spacial score (nSPS) is 21.1. The molecule has 102 valence electrons. The van der Waals surface area contributed by atoms with Gasteiger partial charge in [0.25, 0.3) is 0 Å². The number of ether oxygens (including phenoxy) is 1. The van der Waals surface area contributed by atoms with E-state index in [0.717, 1.165) is 16.7 Å². The zero-order chi connectivity index (χ0) is 14.0. The maximum Gasteiger partial charge on any atom is 0.127 e. The Morgan fingerprint density at radius 3 is 1.95 bits per heavy atom. The molecule has 0 amide bonds. The molecule has 2 aromatic rings. The van der Waals surface area contributed by atoms with Crippen LogP contribution in [0, 0.1) is 5.92 Å². The van der Waals surface area contributed by atoms with Gasteiger partial charge in [-0.15, -0.1) is 0 Å². The maximum absolute atomic E-state index is 9.85. The highest BCUT2D eigenvalue weighted by molar-refractivity contribution is 5.42. The fourth-order valence-electron chi connectivity index (χ4n) is 3.06. The summed E-state index contributed by atoms with van der Waals surface area (Å²) in [6.07, 6.45) is 0. The minimum absolute atomic E-state index is 0.0304. The van der Waals surface area contributed by atoms with Crippen LogP contribution in [0.4, 0.5) is 0 Å². The molecule has 0 spiro atoms. The van der Waals surface area contributed by atoms with Gasteiger partial charge in [-0.25, -0.2) is 0 Å². The summed E-state index contributed by atoms with van der Waals surface area (Å²) in [5.74, 6) is -0.118. The summed E-state index contributed by atoms with van der Waals surface area (Å²) in [7, 11) is 0. The summed E-state index contributed by atoms with van der Waals surface area (Å²) in [4.78, 5) is 0. The summed E-state index contributed by atoms with van der Waals surface area (Å²) in [6.45, 7) is 4.58. The zero-order valence-electron chi connectivity index (χ0n) is 11.3. The van der Waals surface area contributed by atoms with Gasteiger partial charge in [-0.05, 0) is 16.7 Å². The van der Waals surface area contributed by atoms with E-state index in [1.807, 2.05) is 60.7 Å². The Hall–Kier alpha value is -1.90. The number of hydrogen-bond donors (Lipinski definition) is 1. The third-order valence-corrected chi connectivity index (χ3v) is 4.06. The van der Waals surface area contributed by atoms with Gasteiger partial charge in [-0.1, -0.05) is 67.2 Å². The minimum atomic E-state index is -0.631. The Kier molecular flexibility index (Phi) is 3.43. The molecule has 2 nitrogen and oxygen atoms in total. The van der Waals surface area contributed by atoms with Crippen molar-refractivity contribution in [3.63, 3.8) is 0 Å². The third-order valence-electron chi connectivity index (χ3n) is 4.06. The molecule has 1 saturated heterocycles. The van der Waals surface area contributed by atoms with Gasteiger partial charge in [0.05, 0.1) is 13.2 Å². The summed E-state index contributed by atoms with van der Waals surface area (Å²) >= 11 is 0. The maximum atomic E-state index is 9.85. The standard InChI is InChI=1S/C18H18O2/c1-14-13-20-18(17(14)12-19,15-8-4-2-5-9-15)16-10-6-3-7-11-16/h2-11,17,19H,1,12-13H2. The van der Waals surface area contributed by atoms with Crippen molar-refractivity contribution in [1.82, 2.24) is 0 Å². The van der Waals surface area contributed by atoms with Crippen molar-refractivity contribution in [1.29, 1.82) is 0 Å². The summed E-state index contributed by atoms with van der Waals surface area (Å²) in [5.41, 5.74) is 2.43. The first kappa shape index (κ1) is 13.1. The van der Waals surface area contributed by atoms with Crippen LogP contribution in [0.2, 0.25) is 0 Å². The third kappa shape index (κ3) is 1.89. The smallest absolute Gasteiger partial charge is 0.127 e. The van der Waals surface area contributed by atoms with E-state index in [0.29, 0.717) is 6.61 Å². The molecule has 2 aromatic carbocycles. The van der Waals surface area contributed by atoms with Crippen LogP contribution < -0.4 is 0 Å². The Labute approximate surface area is 119 Å². The molecule has 2 heteroatoms. The van der Waals surface area contributed by atoms with Gasteiger partial charge in [0.2, 0.25) is 0 Å². The van der Waals surface area contributed by atoms with Gasteiger partial charge in [-0.3, -0.25) is 0 Å². The van der Waals surface area contributed by atoms with Crippen LogP contribution in [0.3, 0.4) is 0 Å². The lowest BCUT2D eigenvalue weighted by Crippen LogP contribution is -2.36. The predicted molar refractivity (Wildman–Crippen MR) is 79.3 cm³/mol. The van der Waals surface area contributed by atoms with Gasteiger partial charge in [0, 0.05) is 5.92 Å². The first-order chi connectivity index (χ1) is 9.79. The molecular weight excluding hydrogens is 248 g/mol. The van der Waals surface area contributed by atoms with Gasteiger partial charge < -0.3 is 9.84 Å². The van der Waals surface area contributed by atoms with Crippen molar-refractivity contribution in [2.75, 3.05) is 13.2 Å². The number of benzene rings is 2. The van der Waals surface area contributed by atoms with Crippen molar-refractivity contribution in [2.45, 2.75) is 5.60 Å².